The first-order valence-electron chi connectivity index (χ1n) is 9.22. The van der Waals surface area contributed by atoms with Crippen LogP contribution in [0.5, 0.6) is 5.75 Å². The van der Waals surface area contributed by atoms with Gasteiger partial charge in [0.1, 0.15) is 11.6 Å². The van der Waals surface area contributed by atoms with Gasteiger partial charge >= 0.3 is 0 Å². The van der Waals surface area contributed by atoms with Gasteiger partial charge in [-0.2, -0.15) is 0 Å². The zero-order chi connectivity index (χ0) is 20.3. The molecule has 2 aromatic rings. The second-order valence-corrected chi connectivity index (χ2v) is 9.45. The van der Waals surface area contributed by atoms with Crippen molar-refractivity contribution < 1.29 is 22.3 Å². The highest BCUT2D eigenvalue weighted by atomic mass is 32.2. The molecule has 1 heterocycles. The summed E-state index contributed by atoms with van der Waals surface area (Å²) < 4.78 is 42.7. The molecule has 28 heavy (non-hydrogen) atoms. The Bertz CT molecular complexity index is 926. The van der Waals surface area contributed by atoms with E-state index in [0.29, 0.717) is 18.7 Å². The van der Waals surface area contributed by atoms with E-state index in [0.717, 1.165) is 11.1 Å². The van der Waals surface area contributed by atoms with Crippen molar-refractivity contribution in [2.75, 3.05) is 11.5 Å². The Hall–Kier alpha value is -2.41. The zero-order valence-electron chi connectivity index (χ0n) is 16.0. The molecular weight excluding hydrogens is 381 g/mol. The highest BCUT2D eigenvalue weighted by molar-refractivity contribution is 7.91. The van der Waals surface area contributed by atoms with E-state index in [1.165, 1.54) is 24.3 Å². The number of aryl methyl sites for hydroxylation is 1. The predicted octanol–water partition coefficient (Wildman–Crippen LogP) is 3.12. The van der Waals surface area contributed by atoms with Gasteiger partial charge in [0.05, 0.1) is 11.5 Å². The maximum atomic E-state index is 13.1. The first-order valence-corrected chi connectivity index (χ1v) is 11.0. The number of hydrogen-bond acceptors (Lipinski definition) is 4. The molecule has 2 aromatic carbocycles. The Morgan fingerprint density at radius 2 is 1.82 bits per heavy atom. The number of hydrogen-bond donors (Lipinski definition) is 0. The summed E-state index contributed by atoms with van der Waals surface area (Å²) in [5.74, 6) is -0.233. The molecule has 0 spiro atoms. The monoisotopic (exact) mass is 405 g/mol. The third-order valence-electron chi connectivity index (χ3n) is 4.88. The second kappa shape index (κ2) is 8.31. The number of halogens is 1. The standard InChI is InChI=1S/C21H24FNO4S/c1-15-3-5-17(6-4-15)13-23(19-11-12-28(25,26)14-19)21(24)16(2)27-20-9-7-18(22)8-10-20/h3-10,16,19H,11-14H2,1-2H3. The highest BCUT2D eigenvalue weighted by Gasteiger charge is 2.36. The van der Waals surface area contributed by atoms with Gasteiger partial charge in [0.15, 0.2) is 15.9 Å². The minimum atomic E-state index is -3.14. The molecule has 1 amide bonds. The summed E-state index contributed by atoms with van der Waals surface area (Å²) in [5, 5.41) is 0. The average Bonchev–Trinajstić information content (AvgIpc) is 3.02. The largest absolute Gasteiger partial charge is 0.481 e. The number of sulfone groups is 1. The number of nitrogens with zero attached hydrogens (tertiary/aromatic N) is 1. The molecule has 3 rings (SSSR count). The topological polar surface area (TPSA) is 63.7 Å². The van der Waals surface area contributed by atoms with E-state index in [-0.39, 0.29) is 29.3 Å². The molecule has 150 valence electrons. The van der Waals surface area contributed by atoms with Crippen LogP contribution in [0.15, 0.2) is 48.5 Å². The molecule has 1 aliphatic rings. The summed E-state index contributed by atoms with van der Waals surface area (Å²) in [6.07, 6.45) is -0.400. The summed E-state index contributed by atoms with van der Waals surface area (Å²) in [7, 11) is -3.14. The fraction of sp³-hybridized carbons (Fsp3) is 0.381. The molecule has 0 bridgehead atoms. The first kappa shape index (κ1) is 20.3. The van der Waals surface area contributed by atoms with Crippen LogP contribution in [0.2, 0.25) is 0 Å². The van der Waals surface area contributed by atoms with Crippen molar-refractivity contribution in [3.63, 3.8) is 0 Å². The van der Waals surface area contributed by atoms with Gasteiger partial charge in [0, 0.05) is 12.6 Å². The second-order valence-electron chi connectivity index (χ2n) is 7.22. The van der Waals surface area contributed by atoms with E-state index in [1.54, 1.807) is 11.8 Å². The maximum absolute atomic E-state index is 13.1. The van der Waals surface area contributed by atoms with Gasteiger partial charge in [-0.05, 0) is 50.1 Å². The Labute approximate surface area is 165 Å². The van der Waals surface area contributed by atoms with Gasteiger partial charge in [-0.15, -0.1) is 0 Å². The van der Waals surface area contributed by atoms with Crippen molar-refractivity contribution >= 4 is 15.7 Å². The quantitative estimate of drug-likeness (QED) is 0.741. The van der Waals surface area contributed by atoms with Gasteiger partial charge in [-0.25, -0.2) is 12.8 Å². The van der Waals surface area contributed by atoms with Crippen LogP contribution in [0, 0.1) is 12.7 Å². The normalized spacial score (nSPS) is 19.2. The maximum Gasteiger partial charge on any atom is 0.263 e. The molecule has 1 saturated heterocycles. The lowest BCUT2D eigenvalue weighted by Crippen LogP contribution is -2.46. The van der Waals surface area contributed by atoms with Crippen LogP contribution in [0.1, 0.15) is 24.5 Å². The molecule has 1 aliphatic heterocycles. The van der Waals surface area contributed by atoms with E-state index in [1.807, 2.05) is 31.2 Å². The summed E-state index contributed by atoms with van der Waals surface area (Å²) >= 11 is 0. The molecule has 2 unspecified atom stereocenters. The molecule has 1 fully saturated rings. The SMILES string of the molecule is Cc1ccc(CN(C(=O)C(C)Oc2ccc(F)cc2)C2CCS(=O)(=O)C2)cc1. The van der Waals surface area contributed by atoms with Crippen molar-refractivity contribution in [1.29, 1.82) is 0 Å². The van der Waals surface area contributed by atoms with Crippen LogP contribution in [-0.4, -0.2) is 42.9 Å². The Morgan fingerprint density at radius 1 is 1.18 bits per heavy atom. The number of ether oxygens (including phenoxy) is 1. The van der Waals surface area contributed by atoms with Gasteiger partial charge in [0.25, 0.3) is 5.91 Å². The van der Waals surface area contributed by atoms with E-state index < -0.39 is 15.9 Å². The van der Waals surface area contributed by atoms with Gasteiger partial charge in [0.2, 0.25) is 0 Å². The molecule has 5 nitrogen and oxygen atoms in total. The van der Waals surface area contributed by atoms with E-state index in [4.69, 9.17) is 4.74 Å². The van der Waals surface area contributed by atoms with E-state index in [9.17, 15) is 17.6 Å². The van der Waals surface area contributed by atoms with Crippen LogP contribution < -0.4 is 4.74 Å². The number of rotatable bonds is 6. The summed E-state index contributed by atoms with van der Waals surface area (Å²) in [4.78, 5) is 14.7. The number of carbonyl (C=O) groups excluding carboxylic acids is 1. The Balaban J connectivity index is 1.79. The van der Waals surface area contributed by atoms with Crippen LogP contribution in [0.4, 0.5) is 4.39 Å². The molecule has 0 aromatic heterocycles. The summed E-state index contributed by atoms with van der Waals surface area (Å²) in [6, 6.07) is 12.9. The molecule has 2 atom stereocenters. The van der Waals surface area contributed by atoms with Gasteiger partial charge in [-0.1, -0.05) is 29.8 Å². The van der Waals surface area contributed by atoms with E-state index >= 15 is 0 Å². The fourth-order valence-corrected chi connectivity index (χ4v) is 5.03. The zero-order valence-corrected chi connectivity index (χ0v) is 16.8. The van der Waals surface area contributed by atoms with Crippen molar-refractivity contribution in [2.24, 2.45) is 0 Å². The predicted molar refractivity (Wildman–Crippen MR) is 105 cm³/mol. The van der Waals surface area contributed by atoms with Crippen molar-refractivity contribution in [1.82, 2.24) is 4.90 Å². The molecule has 7 heteroatoms. The molecule has 0 saturated carbocycles. The van der Waals surface area contributed by atoms with Crippen LogP contribution >= 0.6 is 0 Å². The van der Waals surface area contributed by atoms with Gasteiger partial charge in [-0.3, -0.25) is 4.79 Å². The Morgan fingerprint density at radius 3 is 2.39 bits per heavy atom. The van der Waals surface area contributed by atoms with Crippen LogP contribution in [-0.2, 0) is 21.2 Å². The molecule has 0 aliphatic carbocycles. The lowest BCUT2D eigenvalue weighted by Gasteiger charge is -2.31. The first-order chi connectivity index (χ1) is 13.2. The van der Waals surface area contributed by atoms with Crippen molar-refractivity contribution in [3.8, 4) is 5.75 Å². The molecular formula is C21H24FNO4S. The minimum absolute atomic E-state index is 0.0339. The smallest absolute Gasteiger partial charge is 0.263 e. The Kier molecular flexibility index (Phi) is 6.03. The number of amides is 1. The van der Waals surface area contributed by atoms with Crippen molar-refractivity contribution in [3.05, 3.63) is 65.5 Å². The summed E-state index contributed by atoms with van der Waals surface area (Å²) in [5.41, 5.74) is 2.04. The highest BCUT2D eigenvalue weighted by Crippen LogP contribution is 2.23. The van der Waals surface area contributed by atoms with Crippen LogP contribution in [0.25, 0.3) is 0 Å². The number of benzene rings is 2. The van der Waals surface area contributed by atoms with Gasteiger partial charge < -0.3 is 9.64 Å². The molecule has 0 N–H and O–H groups in total. The lowest BCUT2D eigenvalue weighted by molar-refractivity contribution is -0.140. The van der Waals surface area contributed by atoms with Crippen LogP contribution in [0.3, 0.4) is 0 Å². The lowest BCUT2D eigenvalue weighted by atomic mass is 10.1. The minimum Gasteiger partial charge on any atom is -0.481 e. The van der Waals surface area contributed by atoms with Crippen molar-refractivity contribution in [2.45, 2.75) is 39.0 Å². The third kappa shape index (κ3) is 5.10. The summed E-state index contributed by atoms with van der Waals surface area (Å²) in [6.45, 7) is 3.92. The average molecular weight is 405 g/mol. The molecule has 0 radical (unpaired) electrons. The third-order valence-corrected chi connectivity index (χ3v) is 6.63. The fourth-order valence-electron chi connectivity index (χ4n) is 3.30. The van der Waals surface area contributed by atoms with E-state index in [2.05, 4.69) is 0 Å². The number of carbonyl (C=O) groups is 1.